The predicted molar refractivity (Wildman–Crippen MR) is 74.3 cm³/mol. The Morgan fingerprint density at radius 3 is 2.75 bits per heavy atom. The lowest BCUT2D eigenvalue weighted by Gasteiger charge is -2.10. The average Bonchev–Trinajstić information content (AvgIpc) is 3.16. The molecular formula is C13H13BN2O4. The molecule has 1 fully saturated rings. The fourth-order valence-corrected chi connectivity index (χ4v) is 2.30. The number of H-pyrrole nitrogens is 1. The minimum Gasteiger partial charge on any atom is -0.405 e. The number of aromatic nitrogens is 2. The second kappa shape index (κ2) is 4.50. The molecule has 1 aliphatic carbocycles. The van der Waals surface area contributed by atoms with Crippen molar-refractivity contribution in [2.45, 2.75) is 32.1 Å². The first-order chi connectivity index (χ1) is 9.47. The summed E-state index contributed by atoms with van der Waals surface area (Å²) in [4.78, 5) is 38.3. The monoisotopic (exact) mass is 272 g/mol. The van der Waals surface area contributed by atoms with E-state index in [4.69, 9.17) is 12.3 Å². The van der Waals surface area contributed by atoms with Gasteiger partial charge in [0.2, 0.25) is 5.71 Å². The van der Waals surface area contributed by atoms with E-state index in [1.165, 1.54) is 6.07 Å². The van der Waals surface area contributed by atoms with E-state index in [9.17, 15) is 14.4 Å². The van der Waals surface area contributed by atoms with Gasteiger partial charge in [0.1, 0.15) is 5.39 Å². The molecule has 0 spiro atoms. The van der Waals surface area contributed by atoms with Crippen molar-refractivity contribution in [1.82, 2.24) is 9.55 Å². The van der Waals surface area contributed by atoms with E-state index in [-0.39, 0.29) is 11.1 Å². The minimum absolute atomic E-state index is 0.105. The Balaban J connectivity index is 2.37. The van der Waals surface area contributed by atoms with Crippen molar-refractivity contribution in [2.75, 3.05) is 0 Å². The lowest BCUT2D eigenvalue weighted by molar-refractivity contribution is 0.528. The Hall–Kier alpha value is -2.05. The summed E-state index contributed by atoms with van der Waals surface area (Å²) in [5.41, 5.74) is -1.36. The second-order valence-corrected chi connectivity index (χ2v) is 5.30. The molecule has 102 valence electrons. The highest BCUT2D eigenvalue weighted by molar-refractivity contribution is 6.13. The first-order valence-corrected chi connectivity index (χ1v) is 6.54. The molecule has 0 bridgehead atoms. The number of nitrogens with zero attached hydrogens (tertiary/aromatic N) is 1. The van der Waals surface area contributed by atoms with Crippen LogP contribution in [0.1, 0.15) is 31.1 Å². The van der Waals surface area contributed by atoms with E-state index in [1.807, 2.05) is 0 Å². The molecule has 7 heteroatoms. The molecule has 1 saturated carbocycles. The summed E-state index contributed by atoms with van der Waals surface area (Å²) in [7, 11) is 5.80. The Bertz CT molecular complexity index is 842. The van der Waals surface area contributed by atoms with Crippen LogP contribution in [0.4, 0.5) is 0 Å². The number of nitrogens with one attached hydrogen (secondary N) is 1. The van der Waals surface area contributed by atoms with Crippen LogP contribution in [0.5, 0.6) is 0 Å². The molecule has 0 unspecified atom stereocenters. The van der Waals surface area contributed by atoms with Crippen LogP contribution in [-0.2, 0) is 6.54 Å². The normalized spacial score (nSPS) is 16.4. The van der Waals surface area contributed by atoms with Crippen LogP contribution in [0.2, 0.25) is 0 Å². The van der Waals surface area contributed by atoms with Gasteiger partial charge in [-0.2, -0.15) is 0 Å². The summed E-state index contributed by atoms with van der Waals surface area (Å²) in [5.74, 6) is -0.129. The Kier molecular flexibility index (Phi) is 2.92. The fourth-order valence-electron chi connectivity index (χ4n) is 2.30. The SMILES string of the molecule is [B][C@H](C)c1cc(=O)oc2[nH]c(=O)n(CC3CC3)c(=O)c12. The van der Waals surface area contributed by atoms with Crippen LogP contribution < -0.4 is 16.9 Å². The zero-order chi connectivity index (χ0) is 14.4. The van der Waals surface area contributed by atoms with Crippen LogP contribution in [0.15, 0.2) is 24.9 Å². The minimum atomic E-state index is -0.639. The summed E-state index contributed by atoms with van der Waals surface area (Å²) in [5, 5.41) is 0.180. The van der Waals surface area contributed by atoms with Gasteiger partial charge >= 0.3 is 11.3 Å². The third-order valence-electron chi connectivity index (χ3n) is 3.54. The molecule has 2 aromatic heterocycles. The second-order valence-electron chi connectivity index (χ2n) is 5.30. The summed E-state index contributed by atoms with van der Waals surface area (Å²) in [6.45, 7) is 2.06. The van der Waals surface area contributed by atoms with Crippen molar-refractivity contribution in [3.63, 3.8) is 0 Å². The summed E-state index contributed by atoms with van der Waals surface area (Å²) in [6, 6.07) is 1.20. The first kappa shape index (κ1) is 13.0. The van der Waals surface area contributed by atoms with Crippen LogP contribution in [0.3, 0.4) is 0 Å². The van der Waals surface area contributed by atoms with Crippen molar-refractivity contribution >= 4 is 18.9 Å². The standard InChI is InChI=1S/C13H13BN2O4/c1-6(14)8-4-9(17)20-11-10(8)12(18)16(13(19)15-11)5-7-2-3-7/h4,6-7H,2-3,5H2,1H3,(H,15,19)/t6-/m1/s1. The van der Waals surface area contributed by atoms with Gasteiger partial charge in [0.25, 0.3) is 5.56 Å². The zero-order valence-electron chi connectivity index (χ0n) is 11.0. The predicted octanol–water partition coefficient (Wildman–Crippen LogP) is 0.282. The fraction of sp³-hybridized carbons (Fsp3) is 0.462. The molecule has 1 aliphatic rings. The van der Waals surface area contributed by atoms with Gasteiger partial charge in [0, 0.05) is 12.6 Å². The molecule has 2 radical (unpaired) electrons. The summed E-state index contributed by atoms with van der Waals surface area (Å²) >= 11 is 0. The Morgan fingerprint density at radius 1 is 1.45 bits per heavy atom. The lowest BCUT2D eigenvalue weighted by Crippen LogP contribution is -2.36. The van der Waals surface area contributed by atoms with E-state index >= 15 is 0 Å². The Morgan fingerprint density at radius 2 is 2.15 bits per heavy atom. The molecule has 0 amide bonds. The van der Waals surface area contributed by atoms with Crippen LogP contribution in [-0.4, -0.2) is 17.4 Å². The van der Waals surface area contributed by atoms with Crippen molar-refractivity contribution in [1.29, 1.82) is 0 Å². The summed E-state index contributed by atoms with van der Waals surface area (Å²) < 4.78 is 6.07. The highest BCUT2D eigenvalue weighted by Crippen LogP contribution is 2.29. The molecular weight excluding hydrogens is 259 g/mol. The molecule has 20 heavy (non-hydrogen) atoms. The molecule has 0 saturated heterocycles. The molecule has 6 nitrogen and oxygen atoms in total. The first-order valence-electron chi connectivity index (χ1n) is 6.54. The lowest BCUT2D eigenvalue weighted by atomic mass is 9.82. The third-order valence-corrected chi connectivity index (χ3v) is 3.54. The smallest absolute Gasteiger partial charge is 0.337 e. The van der Waals surface area contributed by atoms with Crippen molar-refractivity contribution in [3.8, 4) is 0 Å². The van der Waals surface area contributed by atoms with E-state index in [2.05, 4.69) is 4.98 Å². The van der Waals surface area contributed by atoms with Crippen molar-refractivity contribution < 1.29 is 4.42 Å². The number of hydrogen-bond donors (Lipinski definition) is 1. The van der Waals surface area contributed by atoms with Crippen LogP contribution in [0, 0.1) is 5.92 Å². The number of fused-ring (bicyclic) bond motifs is 1. The molecule has 2 aromatic rings. The largest absolute Gasteiger partial charge is 0.405 e. The van der Waals surface area contributed by atoms with Crippen LogP contribution >= 0.6 is 0 Å². The third kappa shape index (κ3) is 2.13. The number of hydrogen-bond acceptors (Lipinski definition) is 4. The van der Waals surface area contributed by atoms with Gasteiger partial charge in [-0.15, -0.1) is 0 Å². The molecule has 0 aliphatic heterocycles. The van der Waals surface area contributed by atoms with E-state index in [0.717, 1.165) is 17.4 Å². The maximum absolute atomic E-state index is 12.5. The van der Waals surface area contributed by atoms with Crippen molar-refractivity contribution in [2.24, 2.45) is 5.92 Å². The maximum Gasteiger partial charge on any atom is 0.337 e. The van der Waals surface area contributed by atoms with Crippen molar-refractivity contribution in [3.05, 3.63) is 42.9 Å². The quantitative estimate of drug-likeness (QED) is 0.813. The zero-order valence-corrected chi connectivity index (χ0v) is 11.0. The van der Waals surface area contributed by atoms with E-state index in [1.54, 1.807) is 6.92 Å². The molecule has 3 rings (SSSR count). The molecule has 1 N–H and O–H groups in total. The summed E-state index contributed by atoms with van der Waals surface area (Å²) in [6.07, 6.45) is 2.04. The van der Waals surface area contributed by atoms with Gasteiger partial charge in [-0.1, -0.05) is 12.7 Å². The van der Waals surface area contributed by atoms with E-state index < -0.39 is 22.7 Å². The van der Waals surface area contributed by atoms with Gasteiger partial charge < -0.3 is 4.42 Å². The molecule has 1 atom stereocenters. The highest BCUT2D eigenvalue weighted by atomic mass is 16.4. The van der Waals surface area contributed by atoms with Gasteiger partial charge in [0.15, 0.2) is 0 Å². The molecule has 2 heterocycles. The topological polar surface area (TPSA) is 85.1 Å². The highest BCUT2D eigenvalue weighted by Gasteiger charge is 2.24. The van der Waals surface area contributed by atoms with Gasteiger partial charge in [-0.05, 0) is 24.3 Å². The van der Waals surface area contributed by atoms with Crippen LogP contribution in [0.25, 0.3) is 11.1 Å². The maximum atomic E-state index is 12.5. The number of rotatable bonds is 3. The Labute approximate surface area is 114 Å². The van der Waals surface area contributed by atoms with Gasteiger partial charge in [-0.25, -0.2) is 9.59 Å². The van der Waals surface area contributed by atoms with E-state index in [0.29, 0.717) is 18.0 Å². The average molecular weight is 272 g/mol. The van der Waals surface area contributed by atoms with Gasteiger partial charge in [-0.3, -0.25) is 14.3 Å². The van der Waals surface area contributed by atoms with Gasteiger partial charge in [0.05, 0.1) is 7.85 Å². The number of aromatic amines is 1. The molecule has 0 aromatic carbocycles.